The van der Waals surface area contributed by atoms with Gasteiger partial charge < -0.3 is 10.6 Å². The van der Waals surface area contributed by atoms with Crippen LogP contribution in [-0.2, 0) is 4.79 Å². The second-order valence-electron chi connectivity index (χ2n) is 5.79. The number of carbonyl (C=O) groups is 1. The molecule has 4 nitrogen and oxygen atoms in total. The maximum Gasteiger partial charge on any atom is 0.231 e. The van der Waals surface area contributed by atoms with Crippen molar-refractivity contribution >= 4 is 22.5 Å². The molecule has 21 heavy (non-hydrogen) atoms. The molecule has 2 aromatic rings. The Morgan fingerprint density at radius 1 is 1.43 bits per heavy atom. The number of anilines is 1. The molecule has 0 saturated carbocycles. The molecule has 2 N–H and O–H groups in total. The number of fused-ring (bicyclic) bond motifs is 1. The Hall–Kier alpha value is -1.94. The summed E-state index contributed by atoms with van der Waals surface area (Å²) in [4.78, 5) is 17.1. The van der Waals surface area contributed by atoms with Crippen molar-refractivity contribution in [3.63, 3.8) is 0 Å². The Balaban J connectivity index is 1.81. The Morgan fingerprint density at radius 2 is 2.29 bits per heavy atom. The SMILES string of the molecule is CCC1(C(=O)Nc2cnc3ccccc3c2)CCCNC1. The van der Waals surface area contributed by atoms with Gasteiger partial charge in [-0.3, -0.25) is 9.78 Å². The molecule has 4 heteroatoms. The van der Waals surface area contributed by atoms with E-state index < -0.39 is 0 Å². The predicted octanol–water partition coefficient (Wildman–Crippen LogP) is 2.95. The highest BCUT2D eigenvalue weighted by molar-refractivity contribution is 5.97. The molecule has 0 radical (unpaired) electrons. The van der Waals surface area contributed by atoms with Crippen LogP contribution in [0, 0.1) is 5.41 Å². The highest BCUT2D eigenvalue weighted by Gasteiger charge is 2.37. The van der Waals surface area contributed by atoms with Crippen molar-refractivity contribution < 1.29 is 4.79 Å². The van der Waals surface area contributed by atoms with Crippen LogP contribution in [0.15, 0.2) is 36.5 Å². The van der Waals surface area contributed by atoms with Gasteiger partial charge in [-0.05, 0) is 37.9 Å². The maximum absolute atomic E-state index is 12.7. The Bertz CT molecular complexity index is 647. The third kappa shape index (κ3) is 2.76. The summed E-state index contributed by atoms with van der Waals surface area (Å²) < 4.78 is 0. The van der Waals surface area contributed by atoms with Crippen LogP contribution in [0.1, 0.15) is 26.2 Å². The van der Waals surface area contributed by atoms with Gasteiger partial charge in [0.25, 0.3) is 0 Å². The molecule has 1 fully saturated rings. The Kier molecular flexibility index (Phi) is 3.88. The summed E-state index contributed by atoms with van der Waals surface area (Å²) in [5.41, 5.74) is 1.43. The lowest BCUT2D eigenvalue weighted by Gasteiger charge is -2.35. The highest BCUT2D eigenvalue weighted by Crippen LogP contribution is 2.31. The molecule has 0 bridgehead atoms. The summed E-state index contributed by atoms with van der Waals surface area (Å²) in [5.74, 6) is 0.106. The quantitative estimate of drug-likeness (QED) is 0.910. The molecule has 1 aromatic carbocycles. The lowest BCUT2D eigenvalue weighted by Crippen LogP contribution is -2.47. The lowest BCUT2D eigenvalue weighted by atomic mass is 9.77. The summed E-state index contributed by atoms with van der Waals surface area (Å²) in [6, 6.07) is 9.91. The summed E-state index contributed by atoms with van der Waals surface area (Å²) in [6.45, 7) is 3.86. The zero-order valence-corrected chi connectivity index (χ0v) is 12.4. The van der Waals surface area contributed by atoms with Crippen LogP contribution in [0.3, 0.4) is 0 Å². The van der Waals surface area contributed by atoms with Gasteiger partial charge in [0.05, 0.1) is 22.8 Å². The normalized spacial score (nSPS) is 22.1. The number of hydrogen-bond acceptors (Lipinski definition) is 3. The van der Waals surface area contributed by atoms with E-state index in [1.165, 1.54) is 0 Å². The van der Waals surface area contributed by atoms with E-state index in [1.807, 2.05) is 30.3 Å². The minimum Gasteiger partial charge on any atom is -0.324 e. The number of piperidine rings is 1. The van der Waals surface area contributed by atoms with Gasteiger partial charge in [0.2, 0.25) is 5.91 Å². The van der Waals surface area contributed by atoms with E-state index in [2.05, 4.69) is 22.5 Å². The number of aromatic nitrogens is 1. The van der Waals surface area contributed by atoms with Gasteiger partial charge in [0.1, 0.15) is 0 Å². The molecular weight excluding hydrogens is 262 g/mol. The van der Waals surface area contributed by atoms with Gasteiger partial charge in [-0.25, -0.2) is 0 Å². The number of pyridine rings is 1. The second-order valence-corrected chi connectivity index (χ2v) is 5.79. The maximum atomic E-state index is 12.7. The molecule has 110 valence electrons. The van der Waals surface area contributed by atoms with Crippen molar-refractivity contribution in [2.24, 2.45) is 5.41 Å². The Morgan fingerprint density at radius 3 is 3.05 bits per heavy atom. The molecule has 1 aliphatic rings. The van der Waals surface area contributed by atoms with Crippen LogP contribution >= 0.6 is 0 Å². The van der Waals surface area contributed by atoms with Gasteiger partial charge in [-0.15, -0.1) is 0 Å². The smallest absolute Gasteiger partial charge is 0.231 e. The number of amides is 1. The molecule has 2 heterocycles. The van der Waals surface area contributed by atoms with Gasteiger partial charge in [0.15, 0.2) is 0 Å². The van der Waals surface area contributed by atoms with Crippen molar-refractivity contribution in [3.05, 3.63) is 36.5 Å². The topological polar surface area (TPSA) is 54.0 Å². The van der Waals surface area contributed by atoms with Gasteiger partial charge in [0, 0.05) is 11.9 Å². The van der Waals surface area contributed by atoms with Crippen LogP contribution in [0.5, 0.6) is 0 Å². The molecule has 1 amide bonds. The van der Waals surface area contributed by atoms with E-state index >= 15 is 0 Å². The predicted molar refractivity (Wildman–Crippen MR) is 85.2 cm³/mol. The molecular formula is C17H21N3O. The summed E-state index contributed by atoms with van der Waals surface area (Å²) >= 11 is 0. The minimum atomic E-state index is -0.288. The first-order valence-electron chi connectivity index (χ1n) is 7.60. The van der Waals surface area contributed by atoms with Crippen LogP contribution in [0.2, 0.25) is 0 Å². The number of carbonyl (C=O) groups excluding carboxylic acids is 1. The molecule has 1 unspecified atom stereocenters. The minimum absolute atomic E-state index is 0.106. The lowest BCUT2D eigenvalue weighted by molar-refractivity contribution is -0.126. The zero-order chi connectivity index (χ0) is 14.7. The van der Waals surface area contributed by atoms with Crippen molar-refractivity contribution in [1.29, 1.82) is 0 Å². The molecule has 0 aliphatic carbocycles. The Labute approximate surface area is 125 Å². The van der Waals surface area contributed by atoms with Crippen molar-refractivity contribution in [1.82, 2.24) is 10.3 Å². The standard InChI is InChI=1S/C17H21N3O/c1-2-17(8-5-9-18-12-17)16(21)20-14-10-13-6-3-4-7-15(13)19-11-14/h3-4,6-7,10-11,18H,2,5,8-9,12H2,1H3,(H,20,21). The molecule has 1 aromatic heterocycles. The van der Waals surface area contributed by atoms with E-state index in [-0.39, 0.29) is 11.3 Å². The monoisotopic (exact) mass is 283 g/mol. The third-order valence-electron chi connectivity index (χ3n) is 4.48. The molecule has 1 saturated heterocycles. The summed E-state index contributed by atoms with van der Waals surface area (Å²) in [6.07, 6.45) is 4.59. The van der Waals surface area contributed by atoms with E-state index in [4.69, 9.17) is 0 Å². The van der Waals surface area contributed by atoms with Gasteiger partial charge >= 0.3 is 0 Å². The van der Waals surface area contributed by atoms with Crippen LogP contribution in [0.25, 0.3) is 10.9 Å². The van der Waals surface area contributed by atoms with Crippen molar-refractivity contribution in [2.45, 2.75) is 26.2 Å². The fraction of sp³-hybridized carbons (Fsp3) is 0.412. The molecule has 1 aliphatic heterocycles. The molecule has 1 atom stereocenters. The number of nitrogens with one attached hydrogen (secondary N) is 2. The van der Waals surface area contributed by atoms with Crippen molar-refractivity contribution in [2.75, 3.05) is 18.4 Å². The number of benzene rings is 1. The average Bonchev–Trinajstić information content (AvgIpc) is 2.55. The van der Waals surface area contributed by atoms with Crippen LogP contribution in [-0.4, -0.2) is 24.0 Å². The summed E-state index contributed by atoms with van der Waals surface area (Å²) in [7, 11) is 0. The second kappa shape index (κ2) is 5.82. The first-order chi connectivity index (χ1) is 10.2. The number of para-hydroxylation sites is 1. The zero-order valence-electron chi connectivity index (χ0n) is 12.4. The first kappa shape index (κ1) is 14.0. The largest absolute Gasteiger partial charge is 0.324 e. The third-order valence-corrected chi connectivity index (χ3v) is 4.48. The van der Waals surface area contributed by atoms with Crippen LogP contribution in [0.4, 0.5) is 5.69 Å². The number of rotatable bonds is 3. The van der Waals surface area contributed by atoms with Crippen LogP contribution < -0.4 is 10.6 Å². The highest BCUT2D eigenvalue weighted by atomic mass is 16.2. The number of hydrogen-bond donors (Lipinski definition) is 2. The van der Waals surface area contributed by atoms with E-state index in [1.54, 1.807) is 6.20 Å². The molecule has 3 rings (SSSR count). The fourth-order valence-corrected chi connectivity index (χ4v) is 3.03. The van der Waals surface area contributed by atoms with Gasteiger partial charge in [-0.2, -0.15) is 0 Å². The number of nitrogens with zero attached hydrogens (tertiary/aromatic N) is 1. The van der Waals surface area contributed by atoms with Gasteiger partial charge in [-0.1, -0.05) is 25.1 Å². The van der Waals surface area contributed by atoms with E-state index in [9.17, 15) is 4.79 Å². The average molecular weight is 283 g/mol. The molecule has 0 spiro atoms. The van der Waals surface area contributed by atoms with E-state index in [0.29, 0.717) is 0 Å². The van der Waals surface area contributed by atoms with Crippen molar-refractivity contribution in [3.8, 4) is 0 Å². The summed E-state index contributed by atoms with van der Waals surface area (Å²) in [5, 5.41) is 7.44. The fourth-order valence-electron chi connectivity index (χ4n) is 3.03. The van der Waals surface area contributed by atoms with E-state index in [0.717, 1.165) is 48.9 Å². The first-order valence-corrected chi connectivity index (χ1v) is 7.60.